The van der Waals surface area contributed by atoms with Crippen LogP contribution in [0.25, 0.3) is 0 Å². The molecule has 0 aromatic carbocycles. The van der Waals surface area contributed by atoms with Crippen LogP contribution in [0.3, 0.4) is 0 Å². The summed E-state index contributed by atoms with van der Waals surface area (Å²) in [6, 6.07) is -16.1. The fourth-order valence-electron chi connectivity index (χ4n) is 13.0. The van der Waals surface area contributed by atoms with Gasteiger partial charge in [0.2, 0.25) is 88.6 Å². The molecule has 118 heavy (non-hydrogen) atoms. The summed E-state index contributed by atoms with van der Waals surface area (Å²) in [4.78, 5) is 212. The molecule has 0 aromatic heterocycles. The van der Waals surface area contributed by atoms with Gasteiger partial charge in [-0.3, -0.25) is 71.9 Å². The van der Waals surface area contributed by atoms with Crippen molar-refractivity contribution in [3.8, 4) is 0 Å². The second-order valence-electron chi connectivity index (χ2n) is 32.0. The summed E-state index contributed by atoms with van der Waals surface area (Å²) in [6.07, 6.45) is 8.23. The molecule has 0 rings (SSSR count). The van der Waals surface area contributed by atoms with Gasteiger partial charge in [0.25, 0.3) is 0 Å². The molecule has 20 atom stereocenters. The Hall–Kier alpha value is -8.19. The lowest BCUT2D eigenvalue weighted by Crippen LogP contribution is -2.63. The van der Waals surface area contributed by atoms with Gasteiger partial charge in [-0.25, -0.2) is 0 Å². The van der Waals surface area contributed by atoms with Gasteiger partial charge in [-0.1, -0.05) is 142 Å². The van der Waals surface area contributed by atoms with E-state index < -0.39 is 203 Å². The highest BCUT2D eigenvalue weighted by Gasteiger charge is 2.41. The number of hydrogen-bond acceptors (Lipinski definition) is 21. The van der Waals surface area contributed by atoms with Crippen LogP contribution in [0.15, 0.2) is 0 Å². The van der Waals surface area contributed by atoms with Crippen LogP contribution in [0, 0.1) is 41.4 Å². The fourth-order valence-corrected chi connectivity index (χ4v) is 13.0. The van der Waals surface area contributed by atoms with E-state index >= 15 is 0 Å². The van der Waals surface area contributed by atoms with E-state index in [-0.39, 0.29) is 83.7 Å². The third kappa shape index (κ3) is 41.2. The minimum atomic E-state index is -1.32. The Balaban J connectivity index is 7.44. The number of carbonyl (C=O) groups excluding carboxylic acids is 15. The number of nitrogens with one attached hydrogen (secondary N) is 14. The molecule has 36 nitrogen and oxygen atoms in total. The first-order valence-corrected chi connectivity index (χ1v) is 43.6. The van der Waals surface area contributed by atoms with Gasteiger partial charge < -0.3 is 115 Å². The first-order chi connectivity index (χ1) is 56.0. The number of amides is 15. The highest BCUT2D eigenvalue weighted by atomic mass is 16.2. The van der Waals surface area contributed by atoms with Crippen molar-refractivity contribution in [1.29, 1.82) is 0 Å². The molecule has 0 aromatic rings. The Labute approximate surface area is 702 Å². The zero-order valence-corrected chi connectivity index (χ0v) is 73.8. The predicted octanol–water partition coefficient (Wildman–Crippen LogP) is 0.00690. The molecular weight excluding hydrogens is 1520 g/mol. The third-order valence-electron chi connectivity index (χ3n) is 22.6. The molecule has 15 amide bonds. The zero-order chi connectivity index (χ0) is 89.7. The van der Waals surface area contributed by atoms with Crippen LogP contribution >= 0.6 is 0 Å². The summed E-state index contributed by atoms with van der Waals surface area (Å²) in [7, 11) is 0. The van der Waals surface area contributed by atoms with Gasteiger partial charge in [0.15, 0.2) is 0 Å². The summed E-state index contributed by atoms with van der Waals surface area (Å²) in [6.45, 7) is 27.3. The standard InChI is InChI=1S/C82H157N21O15/c1-16-48(8)63(70(89)106)98-74(110)59(38-26-32-44-86)91-71(107)56(35-23-29-41-83)95-78(114)66(51(11)19-4)102-81(117)68(53(13)21-6)100-76(112)61(40-28-34-46-88)93-73(109)58(37-25-31-43-85)96-79(115)67(52(12)20-5)103-82(118)69(54(14)22-7)99-75(111)60(39-27-33-45-87)92-72(108)57(36-24-30-42-84)94-77(113)65(50(10)18-3)101-80(116)64(49(9)17-2)97-62(105)47-90-55(15)104/h48-54,56-61,63-69H,16-47,83-88H2,1-15H3,(H2,89,106)(H,90,104)(H,91,107)(H,92,108)(H,93,109)(H,94,113)(H,95,114)(H,96,115)(H,97,105)(H,98,110)(H,99,111)(H,100,112)(H,101,116)(H,102,117)(H,103,118)/t48-,49-,50-,51-,52-,53-,54-,56-,57-,58-,59-,60-,61-,63-,64-,65-,66-,67-,68-,69-/m0/s1. The van der Waals surface area contributed by atoms with Gasteiger partial charge in [0.05, 0.1) is 6.54 Å². The van der Waals surface area contributed by atoms with E-state index in [2.05, 4.69) is 74.4 Å². The minimum absolute atomic E-state index is 0.0260. The minimum Gasteiger partial charge on any atom is -0.368 e. The van der Waals surface area contributed by atoms with Gasteiger partial charge in [0.1, 0.15) is 78.5 Å². The van der Waals surface area contributed by atoms with Crippen molar-refractivity contribution < 1.29 is 71.9 Å². The molecule has 0 unspecified atom stereocenters. The van der Waals surface area contributed by atoms with Crippen molar-refractivity contribution in [3.05, 3.63) is 0 Å². The van der Waals surface area contributed by atoms with E-state index in [1.165, 1.54) is 6.92 Å². The Morgan fingerprint density at radius 3 is 0.576 bits per heavy atom. The number of nitrogens with two attached hydrogens (primary N) is 7. The molecule has 0 aliphatic heterocycles. The number of primary amides is 1. The third-order valence-corrected chi connectivity index (χ3v) is 22.6. The molecule has 0 heterocycles. The molecule has 680 valence electrons. The summed E-state index contributed by atoms with van der Waals surface area (Å²) in [5.74, 6) is -14.0. The molecule has 0 spiro atoms. The Morgan fingerprint density at radius 1 is 0.229 bits per heavy atom. The summed E-state index contributed by atoms with van der Waals surface area (Å²) < 4.78 is 0. The quantitative estimate of drug-likeness (QED) is 0.0357. The van der Waals surface area contributed by atoms with Crippen LogP contribution in [0.1, 0.15) is 264 Å². The lowest BCUT2D eigenvalue weighted by atomic mass is 9.94. The highest BCUT2D eigenvalue weighted by Crippen LogP contribution is 2.20. The van der Waals surface area contributed by atoms with Crippen molar-refractivity contribution in [1.82, 2.24) is 74.4 Å². The second-order valence-corrected chi connectivity index (χ2v) is 32.0. The summed E-state index contributed by atoms with van der Waals surface area (Å²) >= 11 is 0. The molecular formula is C82H157N21O15. The van der Waals surface area contributed by atoms with Crippen molar-refractivity contribution in [3.63, 3.8) is 0 Å². The monoisotopic (exact) mass is 1680 g/mol. The van der Waals surface area contributed by atoms with Gasteiger partial charge >= 0.3 is 0 Å². The van der Waals surface area contributed by atoms with E-state index in [0.717, 1.165) is 0 Å². The topological polar surface area (TPSA) is 607 Å². The highest BCUT2D eigenvalue weighted by molar-refractivity contribution is 6.00. The average Bonchev–Trinajstić information content (AvgIpc) is 0.951. The van der Waals surface area contributed by atoms with E-state index in [0.29, 0.717) is 129 Å². The van der Waals surface area contributed by atoms with E-state index in [1.807, 2.05) is 27.7 Å². The number of carbonyl (C=O) groups is 15. The maximum Gasteiger partial charge on any atom is 0.243 e. The number of hydrogen-bond donors (Lipinski definition) is 21. The molecule has 0 bridgehead atoms. The number of rotatable bonds is 66. The van der Waals surface area contributed by atoms with E-state index in [9.17, 15) is 71.9 Å². The first kappa shape index (κ1) is 110. The molecule has 0 saturated heterocycles. The van der Waals surface area contributed by atoms with E-state index in [4.69, 9.17) is 40.1 Å². The lowest BCUT2D eigenvalue weighted by Gasteiger charge is -2.32. The SMILES string of the molecule is CC[C@H](C)[C@H](NC(=O)[C@H](CCCCN)NC(=O)[C@H](CCCCN)NC(=O)[C@@H](NC(=O)[C@@H](NC(=O)[C@H](CCCCN)NC(=O)[C@H](CCCCN)NC(=O)[C@@H](NC(=O)[C@@H](NC(=O)[C@H](CCCCN)NC(=O)[C@H](CCCCN)NC(=O)[C@@H](NC(=O)[C@@H](NC(=O)CNC(C)=O)[C@@H](C)CC)[C@@H](C)CC)[C@@H](C)CC)[C@@H](C)CC)[C@@H](C)CC)[C@@H](C)CC)C(N)=O. The molecule has 36 heteroatoms. The Bertz CT molecular complexity index is 3060. The van der Waals surface area contributed by atoms with Crippen LogP contribution in [-0.4, -0.2) is 213 Å². The van der Waals surface area contributed by atoms with Crippen molar-refractivity contribution in [2.75, 3.05) is 45.8 Å². The molecule has 0 saturated carbocycles. The normalized spacial score (nSPS) is 16.4. The maximum absolute atomic E-state index is 14.9. The molecule has 0 radical (unpaired) electrons. The molecule has 28 N–H and O–H groups in total. The van der Waals surface area contributed by atoms with E-state index in [1.54, 1.807) is 69.2 Å². The van der Waals surface area contributed by atoms with Crippen LogP contribution in [0.4, 0.5) is 0 Å². The Kier molecular flexibility index (Phi) is 57.7. The fraction of sp³-hybridized carbons (Fsp3) is 0.817. The average molecular weight is 1680 g/mol. The lowest BCUT2D eigenvalue weighted by molar-refractivity contribution is -0.137. The van der Waals surface area contributed by atoms with Gasteiger partial charge in [-0.05, 0) is 196 Å². The van der Waals surface area contributed by atoms with Crippen LogP contribution in [-0.2, 0) is 71.9 Å². The van der Waals surface area contributed by atoms with Crippen molar-refractivity contribution >= 4 is 88.6 Å². The number of unbranched alkanes of at least 4 members (excludes halogenated alkanes) is 6. The summed E-state index contributed by atoms with van der Waals surface area (Å²) in [5, 5.41) is 38.9. The van der Waals surface area contributed by atoms with Crippen molar-refractivity contribution in [2.24, 2.45) is 81.6 Å². The maximum atomic E-state index is 14.9. The zero-order valence-electron chi connectivity index (χ0n) is 73.8. The Morgan fingerprint density at radius 2 is 0.390 bits per heavy atom. The van der Waals surface area contributed by atoms with Crippen LogP contribution < -0.4 is 115 Å². The summed E-state index contributed by atoms with van der Waals surface area (Å²) in [5.41, 5.74) is 41.0. The van der Waals surface area contributed by atoms with Crippen molar-refractivity contribution in [2.45, 2.75) is 343 Å². The van der Waals surface area contributed by atoms with Gasteiger partial charge in [0, 0.05) is 6.92 Å². The second kappa shape index (κ2) is 62.0. The molecule has 0 aliphatic rings. The smallest absolute Gasteiger partial charge is 0.243 e. The molecule has 0 fully saturated rings. The largest absolute Gasteiger partial charge is 0.368 e. The van der Waals surface area contributed by atoms with Crippen LogP contribution in [0.5, 0.6) is 0 Å². The first-order valence-electron chi connectivity index (χ1n) is 43.6. The molecule has 0 aliphatic carbocycles. The van der Waals surface area contributed by atoms with Crippen LogP contribution in [0.2, 0.25) is 0 Å². The van der Waals surface area contributed by atoms with Gasteiger partial charge in [-0.2, -0.15) is 0 Å². The predicted molar refractivity (Wildman–Crippen MR) is 457 cm³/mol. The van der Waals surface area contributed by atoms with Gasteiger partial charge in [-0.15, -0.1) is 0 Å².